The number of pyridine rings is 2. The van der Waals surface area contributed by atoms with Gasteiger partial charge in [0.15, 0.2) is 5.65 Å². The van der Waals surface area contributed by atoms with Gasteiger partial charge in [0.2, 0.25) is 0 Å². The number of H-pyrrole nitrogens is 1. The van der Waals surface area contributed by atoms with Crippen LogP contribution in [0.15, 0.2) is 30.7 Å². The fourth-order valence-electron chi connectivity index (χ4n) is 6.09. The number of hydrogen-bond donors (Lipinski definition) is 1. The molecule has 0 aromatic carbocycles. The number of nitrogens with one attached hydrogen (secondary N) is 1. The Morgan fingerprint density at radius 2 is 2.15 bits per heavy atom. The van der Waals surface area contributed by atoms with Crippen LogP contribution in [0.1, 0.15) is 63.9 Å². The van der Waals surface area contributed by atoms with Crippen LogP contribution in [0.5, 0.6) is 0 Å². The quantitative estimate of drug-likeness (QED) is 0.510. The molecular weight excluding hydrogens is 412 g/mol. The zero-order chi connectivity index (χ0) is 22.8. The molecule has 0 radical (unpaired) electrons. The van der Waals surface area contributed by atoms with E-state index in [9.17, 15) is 4.79 Å². The molecule has 1 saturated carbocycles. The molecule has 4 heterocycles. The Hall–Kier alpha value is -2.31. The second-order valence-electron chi connectivity index (χ2n) is 10.4. The number of ether oxygens (including phenoxy) is 1. The molecule has 6 heteroatoms. The topological polar surface area (TPSA) is 71.1 Å². The van der Waals surface area contributed by atoms with E-state index in [-0.39, 0.29) is 0 Å². The van der Waals surface area contributed by atoms with E-state index < -0.39 is 0 Å². The third-order valence-corrected chi connectivity index (χ3v) is 7.66. The molecule has 33 heavy (non-hydrogen) atoms. The third kappa shape index (κ3) is 4.69. The van der Waals surface area contributed by atoms with Gasteiger partial charge in [-0.3, -0.25) is 4.90 Å². The van der Waals surface area contributed by atoms with Gasteiger partial charge in [-0.1, -0.05) is 13.8 Å². The Labute approximate surface area is 196 Å². The molecule has 1 saturated heterocycles. The Balaban J connectivity index is 1.42. The smallest absolute Gasteiger partial charge is 0.159 e. The van der Waals surface area contributed by atoms with E-state index in [1.54, 1.807) is 0 Å². The van der Waals surface area contributed by atoms with Crippen molar-refractivity contribution in [1.82, 2.24) is 19.9 Å². The normalized spacial score (nSPS) is 26.9. The van der Waals surface area contributed by atoms with Crippen molar-refractivity contribution in [2.75, 3.05) is 19.7 Å². The molecule has 3 aromatic rings. The number of aldehydes is 1. The first-order valence-corrected chi connectivity index (χ1v) is 12.6. The van der Waals surface area contributed by atoms with E-state index in [0.717, 1.165) is 68.2 Å². The fourth-order valence-corrected chi connectivity index (χ4v) is 6.09. The molecule has 0 spiro atoms. The molecule has 4 unspecified atom stereocenters. The van der Waals surface area contributed by atoms with E-state index >= 15 is 0 Å². The minimum absolute atomic E-state index is 0.312. The molecule has 0 amide bonds. The van der Waals surface area contributed by atoms with Gasteiger partial charge in [0.05, 0.1) is 17.8 Å². The first kappa shape index (κ1) is 22.5. The van der Waals surface area contributed by atoms with Crippen LogP contribution in [0, 0.1) is 11.8 Å². The lowest BCUT2D eigenvalue weighted by molar-refractivity contribution is -0.109. The number of piperidine rings is 1. The van der Waals surface area contributed by atoms with Crippen molar-refractivity contribution in [2.24, 2.45) is 11.8 Å². The number of aromatic nitrogens is 3. The zero-order valence-corrected chi connectivity index (χ0v) is 19.9. The number of carbonyl (C=O) groups excluding carboxylic acids is 1. The molecule has 3 aromatic heterocycles. The highest BCUT2D eigenvalue weighted by molar-refractivity contribution is 6.05. The second kappa shape index (κ2) is 9.90. The van der Waals surface area contributed by atoms with Crippen LogP contribution in [0.25, 0.3) is 21.9 Å². The highest BCUT2D eigenvalue weighted by atomic mass is 16.5. The van der Waals surface area contributed by atoms with Crippen LogP contribution >= 0.6 is 0 Å². The zero-order valence-electron chi connectivity index (χ0n) is 19.9. The van der Waals surface area contributed by atoms with Crippen molar-refractivity contribution in [3.63, 3.8) is 0 Å². The lowest BCUT2D eigenvalue weighted by atomic mass is 9.73. The predicted molar refractivity (Wildman–Crippen MR) is 131 cm³/mol. The summed E-state index contributed by atoms with van der Waals surface area (Å²) in [5.74, 6) is 1.46. The third-order valence-electron chi connectivity index (χ3n) is 7.66. The van der Waals surface area contributed by atoms with Gasteiger partial charge in [-0.2, -0.15) is 0 Å². The van der Waals surface area contributed by atoms with Gasteiger partial charge in [0.25, 0.3) is 0 Å². The summed E-state index contributed by atoms with van der Waals surface area (Å²) in [6, 6.07) is 4.76. The number of hydrogen-bond acceptors (Lipinski definition) is 5. The number of likely N-dealkylation sites (tertiary alicyclic amines) is 1. The van der Waals surface area contributed by atoms with Crippen molar-refractivity contribution >= 4 is 28.2 Å². The Morgan fingerprint density at radius 1 is 1.24 bits per heavy atom. The molecule has 2 aliphatic rings. The van der Waals surface area contributed by atoms with Crippen molar-refractivity contribution in [2.45, 2.75) is 70.4 Å². The number of rotatable bonds is 7. The van der Waals surface area contributed by atoms with Crippen molar-refractivity contribution in [1.29, 1.82) is 0 Å². The molecule has 1 aliphatic carbocycles. The predicted octanol–water partition coefficient (Wildman–Crippen LogP) is 5.09. The lowest BCUT2D eigenvalue weighted by Crippen LogP contribution is -2.50. The largest absolute Gasteiger partial charge is 0.377 e. The summed E-state index contributed by atoms with van der Waals surface area (Å²) < 4.78 is 6.24. The average molecular weight is 449 g/mol. The first-order valence-electron chi connectivity index (χ1n) is 12.6. The second-order valence-corrected chi connectivity index (χ2v) is 10.4. The molecule has 5 rings (SSSR count). The minimum atomic E-state index is 0.312. The Kier molecular flexibility index (Phi) is 6.74. The Morgan fingerprint density at radius 3 is 3.00 bits per heavy atom. The standard InChI is InChI=1S/C27H36N4O2/c1-18(2)17-33-21-4-3-12-31(16-21)25-14-20(6-5-19(25)9-13-32)22-7-10-28-24-15-30-27-23(26(22)24)8-11-29-27/h7-8,10-11,13,15,18-21,25,28H,3-6,9,12,14,16-17H2,1-2H3. The van der Waals surface area contributed by atoms with Crippen LogP contribution in [0.4, 0.5) is 0 Å². The van der Waals surface area contributed by atoms with E-state index in [1.165, 1.54) is 17.4 Å². The van der Waals surface area contributed by atoms with Gasteiger partial charge in [-0.15, -0.1) is 0 Å². The average Bonchev–Trinajstić information content (AvgIpc) is 3.32. The van der Waals surface area contributed by atoms with Gasteiger partial charge in [0.1, 0.15) is 6.29 Å². The van der Waals surface area contributed by atoms with E-state index in [0.29, 0.717) is 36.3 Å². The van der Waals surface area contributed by atoms with Crippen LogP contribution in [0.2, 0.25) is 0 Å². The summed E-state index contributed by atoms with van der Waals surface area (Å²) in [7, 11) is 0. The van der Waals surface area contributed by atoms with Crippen LogP contribution in [-0.4, -0.2) is 58.0 Å². The fraction of sp³-hybridized carbons (Fsp3) is 0.593. The molecule has 6 nitrogen and oxygen atoms in total. The molecule has 4 atom stereocenters. The molecular formula is C27H36N4O2. The Bertz CT molecular complexity index is 1090. The van der Waals surface area contributed by atoms with E-state index in [1.807, 2.05) is 18.6 Å². The molecule has 0 bridgehead atoms. The maximum atomic E-state index is 11.5. The van der Waals surface area contributed by atoms with Gasteiger partial charge in [-0.25, -0.2) is 9.97 Å². The van der Waals surface area contributed by atoms with Gasteiger partial charge in [0, 0.05) is 48.8 Å². The van der Waals surface area contributed by atoms with Crippen molar-refractivity contribution < 1.29 is 9.53 Å². The van der Waals surface area contributed by atoms with E-state index in [2.05, 4.69) is 45.8 Å². The van der Waals surface area contributed by atoms with Crippen LogP contribution in [-0.2, 0) is 9.53 Å². The van der Waals surface area contributed by atoms with Gasteiger partial charge < -0.3 is 14.5 Å². The number of fused-ring (bicyclic) bond motifs is 3. The maximum Gasteiger partial charge on any atom is 0.159 e. The summed E-state index contributed by atoms with van der Waals surface area (Å²) in [4.78, 5) is 26.5. The van der Waals surface area contributed by atoms with Crippen molar-refractivity contribution in [3.05, 3.63) is 36.3 Å². The first-order chi connectivity index (χ1) is 16.1. The van der Waals surface area contributed by atoms with Crippen LogP contribution < -0.4 is 0 Å². The maximum absolute atomic E-state index is 11.5. The van der Waals surface area contributed by atoms with Gasteiger partial charge >= 0.3 is 0 Å². The van der Waals surface area contributed by atoms with E-state index in [4.69, 9.17) is 4.74 Å². The van der Waals surface area contributed by atoms with Gasteiger partial charge in [-0.05, 0) is 74.1 Å². The van der Waals surface area contributed by atoms with Crippen molar-refractivity contribution in [3.8, 4) is 0 Å². The number of carbonyl (C=O) groups is 1. The molecule has 176 valence electrons. The summed E-state index contributed by atoms with van der Waals surface area (Å²) in [5.41, 5.74) is 3.28. The summed E-state index contributed by atoms with van der Waals surface area (Å²) in [6.45, 7) is 7.35. The number of aromatic amines is 1. The summed E-state index contributed by atoms with van der Waals surface area (Å²) in [6.07, 6.45) is 13.5. The molecule has 1 N–H and O–H groups in total. The minimum Gasteiger partial charge on any atom is -0.377 e. The lowest BCUT2D eigenvalue weighted by Gasteiger charge is -2.45. The highest BCUT2D eigenvalue weighted by Gasteiger charge is 2.37. The van der Waals surface area contributed by atoms with Crippen LogP contribution in [0.3, 0.4) is 0 Å². The molecule has 2 fully saturated rings. The number of nitrogens with zero attached hydrogens (tertiary/aromatic N) is 3. The summed E-state index contributed by atoms with van der Waals surface area (Å²) in [5, 5.41) is 2.39. The SMILES string of the molecule is CC(C)COC1CCCN(C2CC(c3cc[nH]c4cnc5nccc5c34)CCC2CC=O)C1. The highest BCUT2D eigenvalue weighted by Crippen LogP contribution is 2.43. The molecule has 1 aliphatic heterocycles. The monoisotopic (exact) mass is 448 g/mol. The summed E-state index contributed by atoms with van der Waals surface area (Å²) >= 11 is 0.